The number of furan rings is 1. The van der Waals surface area contributed by atoms with Crippen LogP contribution in [0.1, 0.15) is 24.6 Å². The van der Waals surface area contributed by atoms with E-state index in [9.17, 15) is 26.4 Å². The Kier molecular flexibility index (Phi) is 6.68. The molecule has 4 heterocycles. The van der Waals surface area contributed by atoms with Gasteiger partial charge in [0.15, 0.2) is 5.78 Å². The number of carbonyl (C=O) groups excluding carboxylic acids is 1. The summed E-state index contributed by atoms with van der Waals surface area (Å²) in [6.45, 7) is 1.44. The van der Waals surface area contributed by atoms with Crippen LogP contribution in [0.3, 0.4) is 0 Å². The molecule has 0 aliphatic rings. The van der Waals surface area contributed by atoms with Gasteiger partial charge in [0, 0.05) is 48.2 Å². The highest BCUT2D eigenvalue weighted by Crippen LogP contribution is 2.29. The van der Waals surface area contributed by atoms with Crippen molar-refractivity contribution in [3.63, 3.8) is 0 Å². The molecule has 1 N–H and O–H groups in total. The predicted octanol–water partition coefficient (Wildman–Crippen LogP) is 4.17. The van der Waals surface area contributed by atoms with E-state index in [2.05, 4.69) is 19.7 Å². The molecule has 4 aromatic heterocycles. The zero-order chi connectivity index (χ0) is 25.2. The highest BCUT2D eigenvalue weighted by atomic mass is 32.2. The molecule has 0 radical (unpaired) electrons. The first-order chi connectivity index (χ1) is 16.5. The maximum absolute atomic E-state index is 12.7. The maximum Gasteiger partial charge on any atom is 0.433 e. The Bertz CT molecular complexity index is 1440. The molecule has 0 fully saturated rings. The Balaban J connectivity index is 1.39. The van der Waals surface area contributed by atoms with Crippen LogP contribution >= 0.6 is 0 Å². The second kappa shape index (κ2) is 9.55. The van der Waals surface area contributed by atoms with Gasteiger partial charge in [0.05, 0.1) is 11.7 Å². The van der Waals surface area contributed by atoms with Crippen LogP contribution < -0.4 is 4.72 Å². The van der Waals surface area contributed by atoms with Crippen molar-refractivity contribution in [2.45, 2.75) is 37.1 Å². The van der Waals surface area contributed by atoms with Gasteiger partial charge < -0.3 is 4.42 Å². The van der Waals surface area contributed by atoms with Crippen LogP contribution in [0, 0.1) is 0 Å². The van der Waals surface area contributed by atoms with E-state index in [0.29, 0.717) is 27.8 Å². The van der Waals surface area contributed by atoms with Gasteiger partial charge in [0.1, 0.15) is 11.3 Å². The number of hydrogen-bond donors (Lipinski definition) is 1. The second-order valence-electron chi connectivity index (χ2n) is 7.77. The van der Waals surface area contributed by atoms with Crippen LogP contribution in [0.15, 0.2) is 70.7 Å². The summed E-state index contributed by atoms with van der Waals surface area (Å²) in [5, 5.41) is 0.202. The Morgan fingerprint density at radius 2 is 1.89 bits per heavy atom. The van der Waals surface area contributed by atoms with E-state index < -0.39 is 27.9 Å². The zero-order valence-electron chi connectivity index (χ0n) is 18.3. The molecule has 4 rings (SSSR count). The van der Waals surface area contributed by atoms with Crippen LogP contribution in [0.25, 0.3) is 22.2 Å². The molecule has 35 heavy (non-hydrogen) atoms. The van der Waals surface area contributed by atoms with E-state index in [1.54, 1.807) is 12.1 Å². The summed E-state index contributed by atoms with van der Waals surface area (Å²) >= 11 is 0. The first kappa shape index (κ1) is 24.5. The standard InChI is InChI=1S/C23H19F3N4O4S/c1-14(30-35(32,33)22-11-17-12-27-8-7-20(17)34-22)19(31)4-2-15-6-9-28-18(10-15)16-3-5-21(29-13-16)23(24,25)26/h3,5-14,30H,2,4H2,1H3/t14-/m0/s1. The smallest absolute Gasteiger partial charge is 0.433 e. The minimum absolute atomic E-state index is 0.0302. The van der Waals surface area contributed by atoms with E-state index in [4.69, 9.17) is 4.42 Å². The fourth-order valence-electron chi connectivity index (χ4n) is 3.33. The molecule has 4 aromatic rings. The number of fused-ring (bicyclic) bond motifs is 1. The normalized spacial score (nSPS) is 13.1. The minimum atomic E-state index is -4.53. The molecular weight excluding hydrogens is 485 g/mol. The summed E-state index contributed by atoms with van der Waals surface area (Å²) < 4.78 is 71.0. The van der Waals surface area contributed by atoms with Crippen LogP contribution in [0.4, 0.5) is 13.2 Å². The molecule has 0 saturated carbocycles. The monoisotopic (exact) mass is 504 g/mol. The van der Waals surface area contributed by atoms with Crippen molar-refractivity contribution in [3.05, 3.63) is 72.4 Å². The molecule has 8 nitrogen and oxygen atoms in total. The van der Waals surface area contributed by atoms with Crippen molar-refractivity contribution < 1.29 is 30.8 Å². The number of halogens is 3. The summed E-state index contributed by atoms with van der Waals surface area (Å²) in [6.07, 6.45) is 1.29. The van der Waals surface area contributed by atoms with E-state index in [0.717, 1.165) is 12.3 Å². The van der Waals surface area contributed by atoms with Gasteiger partial charge in [-0.1, -0.05) is 0 Å². The number of aryl methyl sites for hydroxylation is 1. The molecule has 0 unspecified atom stereocenters. The molecule has 0 aliphatic heterocycles. The SMILES string of the molecule is C[C@H](NS(=O)(=O)c1cc2cnccc2o1)C(=O)CCc1ccnc(-c2ccc(C(F)(F)F)nc2)c1. The Hall–Kier alpha value is -3.64. The predicted molar refractivity (Wildman–Crippen MR) is 120 cm³/mol. The number of sulfonamides is 1. The number of ketones is 1. The highest BCUT2D eigenvalue weighted by molar-refractivity contribution is 7.89. The number of Topliss-reactive ketones (excluding diaryl/α,β-unsaturated/α-hetero) is 1. The summed E-state index contributed by atoms with van der Waals surface area (Å²) in [7, 11) is -4.07. The van der Waals surface area contributed by atoms with Gasteiger partial charge in [0.2, 0.25) is 5.09 Å². The molecule has 1 atom stereocenters. The topological polar surface area (TPSA) is 115 Å². The lowest BCUT2D eigenvalue weighted by Crippen LogP contribution is -2.38. The number of rotatable bonds is 8. The lowest BCUT2D eigenvalue weighted by molar-refractivity contribution is -0.141. The van der Waals surface area contributed by atoms with Gasteiger partial charge in [-0.05, 0) is 49.2 Å². The summed E-state index contributed by atoms with van der Waals surface area (Å²) in [5.41, 5.74) is 0.871. The van der Waals surface area contributed by atoms with Gasteiger partial charge in [-0.15, -0.1) is 0 Å². The number of nitrogens with one attached hydrogen (secondary N) is 1. The molecule has 0 spiro atoms. The van der Waals surface area contributed by atoms with Gasteiger partial charge in [-0.2, -0.15) is 17.9 Å². The van der Waals surface area contributed by atoms with Gasteiger partial charge in [0.25, 0.3) is 10.0 Å². The third-order valence-corrected chi connectivity index (χ3v) is 6.60. The first-order valence-corrected chi connectivity index (χ1v) is 11.9. The lowest BCUT2D eigenvalue weighted by atomic mass is 10.0. The molecular formula is C23H19F3N4O4S. The molecule has 0 aliphatic carbocycles. The molecule has 182 valence electrons. The highest BCUT2D eigenvalue weighted by Gasteiger charge is 2.32. The van der Waals surface area contributed by atoms with Crippen molar-refractivity contribution >= 4 is 26.8 Å². The Morgan fingerprint density at radius 3 is 2.57 bits per heavy atom. The van der Waals surface area contributed by atoms with Crippen LogP contribution in [0.5, 0.6) is 0 Å². The van der Waals surface area contributed by atoms with Crippen molar-refractivity contribution in [1.29, 1.82) is 0 Å². The number of aromatic nitrogens is 3. The Morgan fingerprint density at radius 1 is 1.09 bits per heavy atom. The average molecular weight is 504 g/mol. The number of hydrogen-bond acceptors (Lipinski definition) is 7. The van der Waals surface area contributed by atoms with Crippen LogP contribution in [0.2, 0.25) is 0 Å². The maximum atomic E-state index is 12.7. The van der Waals surface area contributed by atoms with Gasteiger partial charge in [-0.25, -0.2) is 8.42 Å². The summed E-state index contributed by atoms with van der Waals surface area (Å²) in [5.74, 6) is -0.346. The number of carbonyl (C=O) groups is 1. The van der Waals surface area contributed by atoms with Crippen molar-refractivity contribution in [2.75, 3.05) is 0 Å². The molecule has 0 amide bonds. The third kappa shape index (κ3) is 5.72. The van der Waals surface area contributed by atoms with E-state index in [-0.39, 0.29) is 23.7 Å². The lowest BCUT2D eigenvalue weighted by Gasteiger charge is -2.12. The largest absolute Gasteiger partial charge is 0.443 e. The van der Waals surface area contributed by atoms with Gasteiger partial charge >= 0.3 is 6.18 Å². The van der Waals surface area contributed by atoms with E-state index in [1.165, 1.54) is 43.7 Å². The zero-order valence-corrected chi connectivity index (χ0v) is 19.1. The van der Waals surface area contributed by atoms with Crippen LogP contribution in [-0.4, -0.2) is 35.2 Å². The van der Waals surface area contributed by atoms with Crippen molar-refractivity contribution in [1.82, 2.24) is 19.7 Å². The first-order valence-electron chi connectivity index (χ1n) is 10.4. The fourth-order valence-corrected chi connectivity index (χ4v) is 4.53. The number of pyridine rings is 3. The molecule has 12 heteroatoms. The Labute approximate surface area is 198 Å². The molecule has 0 aromatic carbocycles. The molecule has 0 bridgehead atoms. The van der Waals surface area contributed by atoms with E-state index in [1.807, 2.05) is 0 Å². The van der Waals surface area contributed by atoms with E-state index >= 15 is 0 Å². The fraction of sp³-hybridized carbons (Fsp3) is 0.217. The second-order valence-corrected chi connectivity index (χ2v) is 9.41. The third-order valence-electron chi connectivity index (χ3n) is 5.21. The van der Waals surface area contributed by atoms with Gasteiger partial charge in [-0.3, -0.25) is 19.7 Å². The number of nitrogens with zero attached hydrogens (tertiary/aromatic N) is 3. The van der Waals surface area contributed by atoms with Crippen LogP contribution in [-0.2, 0) is 27.4 Å². The summed E-state index contributed by atoms with van der Waals surface area (Å²) in [6, 6.07) is 7.33. The molecule has 0 saturated heterocycles. The average Bonchev–Trinajstić information content (AvgIpc) is 3.27. The summed E-state index contributed by atoms with van der Waals surface area (Å²) in [4.78, 5) is 24.1. The minimum Gasteiger partial charge on any atom is -0.443 e. The van der Waals surface area contributed by atoms with Crippen molar-refractivity contribution in [3.8, 4) is 11.3 Å². The number of alkyl halides is 3. The van der Waals surface area contributed by atoms with Crippen molar-refractivity contribution in [2.24, 2.45) is 0 Å². The quantitative estimate of drug-likeness (QED) is 0.383.